The fourth-order valence-electron chi connectivity index (χ4n) is 2.66. The van der Waals surface area contributed by atoms with Crippen LogP contribution in [0.2, 0.25) is 0 Å². The Morgan fingerprint density at radius 2 is 1.80 bits per heavy atom. The first kappa shape index (κ1) is 15.8. The lowest BCUT2D eigenvalue weighted by Gasteiger charge is -2.26. The highest BCUT2D eigenvalue weighted by atomic mass is 16.5. The molecule has 0 saturated heterocycles. The van der Waals surface area contributed by atoms with Crippen molar-refractivity contribution in [3.05, 3.63) is 0 Å². The van der Waals surface area contributed by atoms with Crippen molar-refractivity contribution in [2.75, 3.05) is 26.2 Å². The fraction of sp³-hybridized carbons (Fsp3) is 0.938. The van der Waals surface area contributed by atoms with Crippen molar-refractivity contribution in [3.8, 4) is 0 Å². The first-order valence-corrected chi connectivity index (χ1v) is 8.19. The van der Waals surface area contributed by atoms with Crippen LogP contribution >= 0.6 is 0 Å². The Morgan fingerprint density at radius 3 is 2.25 bits per heavy atom. The molecule has 0 spiro atoms. The molecular formula is C16H30N2O2. The summed E-state index contributed by atoms with van der Waals surface area (Å²) < 4.78 is 5.04. The summed E-state index contributed by atoms with van der Waals surface area (Å²) in [5.74, 6) is 1.60. The number of rotatable bonds is 10. The van der Waals surface area contributed by atoms with Gasteiger partial charge in [-0.1, -0.05) is 0 Å². The highest BCUT2D eigenvalue weighted by molar-refractivity contribution is 5.79. The lowest BCUT2D eigenvalue weighted by molar-refractivity contribution is -0.149. The van der Waals surface area contributed by atoms with E-state index in [-0.39, 0.29) is 5.97 Å². The molecule has 2 saturated carbocycles. The average Bonchev–Trinajstić information content (AvgIpc) is 3.25. The summed E-state index contributed by atoms with van der Waals surface area (Å²) in [7, 11) is 0. The number of ether oxygens (including phenoxy) is 1. The second kappa shape index (κ2) is 6.90. The van der Waals surface area contributed by atoms with Gasteiger partial charge in [0.2, 0.25) is 0 Å². The van der Waals surface area contributed by atoms with E-state index in [1.54, 1.807) is 6.92 Å². The molecular weight excluding hydrogens is 252 g/mol. The SMILES string of the molecule is CCOC(=O)C(C)(N)CCCN(CC1CC1)CC1CC1. The van der Waals surface area contributed by atoms with Crippen molar-refractivity contribution in [2.24, 2.45) is 17.6 Å². The molecule has 0 aromatic carbocycles. The third-order valence-corrected chi connectivity index (χ3v) is 4.34. The molecule has 2 N–H and O–H groups in total. The smallest absolute Gasteiger partial charge is 0.325 e. The van der Waals surface area contributed by atoms with Crippen molar-refractivity contribution >= 4 is 5.97 Å². The number of nitrogens with two attached hydrogens (primary N) is 1. The van der Waals surface area contributed by atoms with Crippen LogP contribution in [0.1, 0.15) is 52.4 Å². The summed E-state index contributed by atoms with van der Waals surface area (Å²) in [6.07, 6.45) is 7.29. The molecule has 0 aliphatic heterocycles. The van der Waals surface area contributed by atoms with Gasteiger partial charge in [-0.2, -0.15) is 0 Å². The van der Waals surface area contributed by atoms with Gasteiger partial charge < -0.3 is 15.4 Å². The second-order valence-corrected chi connectivity index (χ2v) is 6.89. The Bertz CT molecular complexity index is 308. The van der Waals surface area contributed by atoms with Crippen LogP contribution < -0.4 is 5.73 Å². The summed E-state index contributed by atoms with van der Waals surface area (Å²) in [5.41, 5.74) is 5.23. The zero-order valence-electron chi connectivity index (χ0n) is 13.1. The Kier molecular flexibility index (Phi) is 5.44. The molecule has 20 heavy (non-hydrogen) atoms. The maximum atomic E-state index is 11.8. The largest absolute Gasteiger partial charge is 0.465 e. The minimum absolute atomic E-state index is 0.268. The minimum atomic E-state index is -0.832. The number of hydrogen-bond acceptors (Lipinski definition) is 4. The quantitative estimate of drug-likeness (QED) is 0.624. The molecule has 1 unspecified atom stereocenters. The Balaban J connectivity index is 1.69. The molecule has 0 heterocycles. The van der Waals surface area contributed by atoms with Gasteiger partial charge in [-0.05, 0) is 70.8 Å². The zero-order valence-corrected chi connectivity index (χ0v) is 13.1. The third-order valence-electron chi connectivity index (χ3n) is 4.34. The molecule has 2 rings (SSSR count). The van der Waals surface area contributed by atoms with Crippen molar-refractivity contribution in [1.82, 2.24) is 4.90 Å². The lowest BCUT2D eigenvalue weighted by Crippen LogP contribution is -2.46. The molecule has 0 amide bonds. The molecule has 0 radical (unpaired) electrons. The van der Waals surface area contributed by atoms with E-state index in [4.69, 9.17) is 10.5 Å². The van der Waals surface area contributed by atoms with Crippen LogP contribution in [0.25, 0.3) is 0 Å². The Labute approximate surface area is 123 Å². The maximum absolute atomic E-state index is 11.8. The first-order valence-electron chi connectivity index (χ1n) is 8.19. The first-order chi connectivity index (χ1) is 9.51. The third kappa shape index (κ3) is 5.41. The molecule has 1 atom stereocenters. The summed E-state index contributed by atoms with van der Waals surface area (Å²) in [4.78, 5) is 14.3. The van der Waals surface area contributed by atoms with E-state index in [0.29, 0.717) is 13.0 Å². The molecule has 0 bridgehead atoms. The molecule has 2 aliphatic carbocycles. The molecule has 0 aromatic heterocycles. The van der Waals surface area contributed by atoms with Gasteiger partial charge >= 0.3 is 5.97 Å². The van der Waals surface area contributed by atoms with E-state index < -0.39 is 5.54 Å². The van der Waals surface area contributed by atoms with Crippen molar-refractivity contribution in [1.29, 1.82) is 0 Å². The summed E-state index contributed by atoms with van der Waals surface area (Å²) >= 11 is 0. The van der Waals surface area contributed by atoms with Crippen LogP contribution in [-0.2, 0) is 9.53 Å². The minimum Gasteiger partial charge on any atom is -0.465 e. The average molecular weight is 282 g/mol. The number of hydrogen-bond donors (Lipinski definition) is 1. The monoisotopic (exact) mass is 282 g/mol. The van der Waals surface area contributed by atoms with Crippen molar-refractivity contribution < 1.29 is 9.53 Å². The summed E-state index contributed by atoms with van der Waals surface area (Å²) in [6, 6.07) is 0. The van der Waals surface area contributed by atoms with Gasteiger partial charge in [0.1, 0.15) is 5.54 Å². The van der Waals surface area contributed by atoms with Gasteiger partial charge in [0.05, 0.1) is 6.61 Å². The maximum Gasteiger partial charge on any atom is 0.325 e. The number of esters is 1. The van der Waals surface area contributed by atoms with E-state index in [2.05, 4.69) is 4.90 Å². The van der Waals surface area contributed by atoms with E-state index in [1.807, 2.05) is 6.92 Å². The normalized spacial score (nSPS) is 21.8. The van der Waals surface area contributed by atoms with Gasteiger partial charge in [0.15, 0.2) is 0 Å². The van der Waals surface area contributed by atoms with Crippen molar-refractivity contribution in [3.63, 3.8) is 0 Å². The van der Waals surface area contributed by atoms with Crippen LogP contribution in [0.5, 0.6) is 0 Å². The Morgan fingerprint density at radius 1 is 1.25 bits per heavy atom. The zero-order chi connectivity index (χ0) is 14.6. The predicted octanol–water partition coefficient (Wildman–Crippen LogP) is 2.17. The summed E-state index contributed by atoms with van der Waals surface area (Å²) in [5, 5.41) is 0. The van der Waals surface area contributed by atoms with Gasteiger partial charge in [-0.3, -0.25) is 4.79 Å². The highest BCUT2D eigenvalue weighted by Crippen LogP contribution is 2.33. The van der Waals surface area contributed by atoms with E-state index in [0.717, 1.165) is 24.8 Å². The molecule has 2 aliphatic rings. The molecule has 4 heteroatoms. The van der Waals surface area contributed by atoms with Crippen LogP contribution in [0.3, 0.4) is 0 Å². The van der Waals surface area contributed by atoms with Gasteiger partial charge in [-0.25, -0.2) is 0 Å². The molecule has 2 fully saturated rings. The number of nitrogens with zero attached hydrogens (tertiary/aromatic N) is 1. The molecule has 0 aromatic rings. The van der Waals surface area contributed by atoms with E-state index >= 15 is 0 Å². The van der Waals surface area contributed by atoms with Gasteiger partial charge in [0, 0.05) is 13.1 Å². The van der Waals surface area contributed by atoms with Crippen LogP contribution in [0.15, 0.2) is 0 Å². The Hall–Kier alpha value is -0.610. The van der Waals surface area contributed by atoms with Gasteiger partial charge in [-0.15, -0.1) is 0 Å². The number of carbonyl (C=O) groups excluding carboxylic acids is 1. The van der Waals surface area contributed by atoms with E-state index in [1.165, 1.54) is 38.8 Å². The number of carbonyl (C=O) groups is 1. The van der Waals surface area contributed by atoms with Crippen molar-refractivity contribution in [2.45, 2.75) is 57.9 Å². The standard InChI is InChI=1S/C16H30N2O2/c1-3-20-15(19)16(2,17)9-4-10-18(11-13-5-6-13)12-14-7-8-14/h13-14H,3-12,17H2,1-2H3. The molecule has 4 nitrogen and oxygen atoms in total. The summed E-state index contributed by atoms with van der Waals surface area (Å²) in [6.45, 7) is 7.58. The highest BCUT2D eigenvalue weighted by Gasteiger charge is 2.31. The van der Waals surface area contributed by atoms with Crippen LogP contribution in [0.4, 0.5) is 0 Å². The predicted molar refractivity (Wildman–Crippen MR) is 80.3 cm³/mol. The van der Waals surface area contributed by atoms with E-state index in [9.17, 15) is 4.79 Å². The lowest BCUT2D eigenvalue weighted by atomic mass is 9.97. The topological polar surface area (TPSA) is 55.6 Å². The fourth-order valence-corrected chi connectivity index (χ4v) is 2.66. The van der Waals surface area contributed by atoms with Gasteiger partial charge in [0.25, 0.3) is 0 Å². The molecule has 116 valence electrons. The second-order valence-electron chi connectivity index (χ2n) is 6.89. The van der Waals surface area contributed by atoms with Crippen LogP contribution in [-0.4, -0.2) is 42.6 Å². The van der Waals surface area contributed by atoms with Crippen LogP contribution in [0, 0.1) is 11.8 Å².